The first kappa shape index (κ1) is 13.9. The van der Waals surface area contributed by atoms with E-state index in [4.69, 9.17) is 22.7 Å². The predicted octanol–water partition coefficient (Wildman–Crippen LogP) is 2.18. The van der Waals surface area contributed by atoms with Gasteiger partial charge in [-0.2, -0.15) is 0 Å². The summed E-state index contributed by atoms with van der Waals surface area (Å²) >= 11 is 5.05. The van der Waals surface area contributed by atoms with Gasteiger partial charge in [0.1, 0.15) is 4.99 Å². The van der Waals surface area contributed by atoms with Gasteiger partial charge in [-0.3, -0.25) is 0 Å². The molecule has 0 bridgehead atoms. The summed E-state index contributed by atoms with van der Waals surface area (Å²) in [6, 6.07) is 7.94. The fraction of sp³-hybridized carbons (Fsp3) is 0.462. The lowest BCUT2D eigenvalue weighted by Crippen LogP contribution is -2.23. The predicted molar refractivity (Wildman–Crippen MR) is 76.7 cm³/mol. The van der Waals surface area contributed by atoms with Crippen LogP contribution in [0.25, 0.3) is 0 Å². The molecule has 0 unspecified atom stereocenters. The van der Waals surface area contributed by atoms with E-state index in [-0.39, 0.29) is 0 Å². The SMILES string of the molecule is CCOCCCN(C)c1ccccc1C(N)=S. The van der Waals surface area contributed by atoms with Gasteiger partial charge in [0.05, 0.1) is 0 Å². The number of nitrogens with zero attached hydrogens (tertiary/aromatic N) is 1. The molecule has 0 amide bonds. The molecule has 0 aliphatic heterocycles. The average molecular weight is 252 g/mol. The summed E-state index contributed by atoms with van der Waals surface area (Å²) in [5, 5.41) is 0. The summed E-state index contributed by atoms with van der Waals surface area (Å²) in [5.41, 5.74) is 7.72. The second kappa shape index (κ2) is 7.25. The Morgan fingerprint density at radius 3 is 2.76 bits per heavy atom. The maximum Gasteiger partial charge on any atom is 0.106 e. The van der Waals surface area contributed by atoms with Crippen LogP contribution >= 0.6 is 12.2 Å². The molecule has 1 rings (SSSR count). The van der Waals surface area contributed by atoms with Crippen LogP contribution in [0.15, 0.2) is 24.3 Å². The van der Waals surface area contributed by atoms with Crippen LogP contribution in [0.3, 0.4) is 0 Å². The molecule has 0 spiro atoms. The van der Waals surface area contributed by atoms with Crippen LogP contribution < -0.4 is 10.6 Å². The van der Waals surface area contributed by atoms with Crippen molar-refractivity contribution >= 4 is 22.9 Å². The van der Waals surface area contributed by atoms with E-state index in [0.717, 1.165) is 37.4 Å². The number of nitrogens with two attached hydrogens (primary N) is 1. The largest absolute Gasteiger partial charge is 0.389 e. The van der Waals surface area contributed by atoms with Crippen molar-refractivity contribution in [3.8, 4) is 0 Å². The van der Waals surface area contributed by atoms with E-state index in [2.05, 4.69) is 4.90 Å². The lowest BCUT2D eigenvalue weighted by atomic mass is 10.1. The van der Waals surface area contributed by atoms with Crippen molar-refractivity contribution in [2.75, 3.05) is 31.7 Å². The number of para-hydroxylation sites is 1. The van der Waals surface area contributed by atoms with Gasteiger partial charge in [-0.25, -0.2) is 0 Å². The van der Waals surface area contributed by atoms with Gasteiger partial charge >= 0.3 is 0 Å². The molecule has 17 heavy (non-hydrogen) atoms. The maximum atomic E-state index is 5.71. The first-order chi connectivity index (χ1) is 8.16. The summed E-state index contributed by atoms with van der Waals surface area (Å²) in [7, 11) is 2.04. The molecule has 0 atom stereocenters. The second-order valence-electron chi connectivity index (χ2n) is 3.85. The molecule has 0 heterocycles. The quantitative estimate of drug-likeness (QED) is 0.596. The molecule has 0 aromatic heterocycles. The fourth-order valence-electron chi connectivity index (χ4n) is 1.68. The van der Waals surface area contributed by atoms with Crippen LogP contribution in [0, 0.1) is 0 Å². The highest BCUT2D eigenvalue weighted by Crippen LogP contribution is 2.19. The van der Waals surface area contributed by atoms with Crippen molar-refractivity contribution in [1.82, 2.24) is 0 Å². The van der Waals surface area contributed by atoms with Crippen LogP contribution in [0.5, 0.6) is 0 Å². The zero-order valence-electron chi connectivity index (χ0n) is 10.5. The topological polar surface area (TPSA) is 38.5 Å². The summed E-state index contributed by atoms with van der Waals surface area (Å²) in [6.45, 7) is 4.49. The first-order valence-corrected chi connectivity index (χ1v) is 6.25. The van der Waals surface area contributed by atoms with Gasteiger partial charge in [-0.1, -0.05) is 24.4 Å². The molecular formula is C13H20N2OS. The molecule has 1 aromatic carbocycles. The zero-order valence-corrected chi connectivity index (χ0v) is 11.3. The van der Waals surface area contributed by atoms with Crippen LogP contribution in [-0.2, 0) is 4.74 Å². The van der Waals surface area contributed by atoms with Gasteiger partial charge in [-0.15, -0.1) is 0 Å². The Kier molecular flexibility index (Phi) is 5.94. The maximum absolute atomic E-state index is 5.71. The van der Waals surface area contributed by atoms with Crippen molar-refractivity contribution in [1.29, 1.82) is 0 Å². The van der Waals surface area contributed by atoms with Gasteiger partial charge in [-0.05, 0) is 25.5 Å². The van der Waals surface area contributed by atoms with E-state index in [1.165, 1.54) is 0 Å². The highest BCUT2D eigenvalue weighted by molar-refractivity contribution is 7.80. The van der Waals surface area contributed by atoms with E-state index in [1.807, 2.05) is 38.2 Å². The number of thiocarbonyl (C=S) groups is 1. The smallest absolute Gasteiger partial charge is 0.106 e. The molecule has 0 aliphatic carbocycles. The van der Waals surface area contributed by atoms with Crippen LogP contribution in [-0.4, -0.2) is 31.8 Å². The third-order valence-electron chi connectivity index (χ3n) is 2.57. The number of ether oxygens (including phenoxy) is 1. The van der Waals surface area contributed by atoms with Crippen molar-refractivity contribution in [2.45, 2.75) is 13.3 Å². The number of benzene rings is 1. The highest BCUT2D eigenvalue weighted by atomic mass is 32.1. The van der Waals surface area contributed by atoms with Gasteiger partial charge in [0.2, 0.25) is 0 Å². The summed E-state index contributed by atoms with van der Waals surface area (Å²) < 4.78 is 5.32. The summed E-state index contributed by atoms with van der Waals surface area (Å²) in [6.07, 6.45) is 0.996. The van der Waals surface area contributed by atoms with E-state index < -0.39 is 0 Å². The second-order valence-corrected chi connectivity index (χ2v) is 4.29. The minimum absolute atomic E-state index is 0.442. The standard InChI is InChI=1S/C13H20N2OS/c1-3-16-10-6-9-15(2)12-8-5-4-7-11(12)13(14)17/h4-5,7-8H,3,6,9-10H2,1-2H3,(H2,14,17). The van der Waals surface area contributed by atoms with Gasteiger partial charge < -0.3 is 15.4 Å². The fourth-order valence-corrected chi connectivity index (χ4v) is 1.86. The third-order valence-corrected chi connectivity index (χ3v) is 2.79. The molecule has 0 radical (unpaired) electrons. The van der Waals surface area contributed by atoms with Crippen LogP contribution in [0.1, 0.15) is 18.9 Å². The highest BCUT2D eigenvalue weighted by Gasteiger charge is 2.08. The molecule has 0 saturated carbocycles. The van der Waals surface area contributed by atoms with E-state index in [1.54, 1.807) is 0 Å². The molecule has 94 valence electrons. The Labute approximate surface area is 109 Å². The molecule has 1 aromatic rings. The van der Waals surface area contributed by atoms with Gasteiger partial charge in [0, 0.05) is 38.1 Å². The minimum Gasteiger partial charge on any atom is -0.389 e. The van der Waals surface area contributed by atoms with E-state index in [9.17, 15) is 0 Å². The van der Waals surface area contributed by atoms with Gasteiger partial charge in [0.25, 0.3) is 0 Å². The van der Waals surface area contributed by atoms with Crippen LogP contribution in [0.4, 0.5) is 5.69 Å². The van der Waals surface area contributed by atoms with Crippen molar-refractivity contribution in [2.24, 2.45) is 5.73 Å². The van der Waals surface area contributed by atoms with E-state index >= 15 is 0 Å². The molecule has 0 saturated heterocycles. The first-order valence-electron chi connectivity index (χ1n) is 5.84. The Hall–Kier alpha value is -1.13. The molecular weight excluding hydrogens is 232 g/mol. The van der Waals surface area contributed by atoms with Crippen molar-refractivity contribution < 1.29 is 4.74 Å². The molecule has 4 heteroatoms. The minimum atomic E-state index is 0.442. The Morgan fingerprint density at radius 1 is 1.41 bits per heavy atom. The summed E-state index contributed by atoms with van der Waals surface area (Å²) in [5.74, 6) is 0. The van der Waals surface area contributed by atoms with Crippen molar-refractivity contribution in [3.63, 3.8) is 0 Å². The lowest BCUT2D eigenvalue weighted by molar-refractivity contribution is 0.146. The lowest BCUT2D eigenvalue weighted by Gasteiger charge is -2.22. The monoisotopic (exact) mass is 252 g/mol. The number of rotatable bonds is 7. The Morgan fingerprint density at radius 2 is 2.12 bits per heavy atom. The molecule has 0 fully saturated rings. The zero-order chi connectivity index (χ0) is 12.7. The Bertz CT molecular complexity index is 368. The molecule has 0 aliphatic rings. The average Bonchev–Trinajstić information content (AvgIpc) is 2.34. The van der Waals surface area contributed by atoms with Gasteiger partial charge in [0.15, 0.2) is 0 Å². The third kappa shape index (κ3) is 4.32. The number of anilines is 1. The number of hydrogen-bond acceptors (Lipinski definition) is 3. The van der Waals surface area contributed by atoms with E-state index in [0.29, 0.717) is 4.99 Å². The van der Waals surface area contributed by atoms with Crippen molar-refractivity contribution in [3.05, 3.63) is 29.8 Å². The number of hydrogen-bond donors (Lipinski definition) is 1. The van der Waals surface area contributed by atoms with Crippen LogP contribution in [0.2, 0.25) is 0 Å². The molecule has 3 nitrogen and oxygen atoms in total. The summed E-state index contributed by atoms with van der Waals surface area (Å²) in [4.78, 5) is 2.60. The molecule has 2 N–H and O–H groups in total. The Balaban J connectivity index is 2.62. The normalized spacial score (nSPS) is 10.2.